The van der Waals surface area contributed by atoms with Crippen molar-refractivity contribution in [1.29, 1.82) is 0 Å². The Hall–Kier alpha value is -2.57. The van der Waals surface area contributed by atoms with E-state index in [2.05, 4.69) is 0 Å². The Labute approximate surface area is 123 Å². The van der Waals surface area contributed by atoms with Crippen molar-refractivity contribution in [3.05, 3.63) is 77.3 Å². The smallest absolute Gasteiger partial charge is 0.396 e. The summed E-state index contributed by atoms with van der Waals surface area (Å²) in [5.41, 5.74) is 0.549. The predicted molar refractivity (Wildman–Crippen MR) is 75.6 cm³/mol. The number of fused-ring (bicyclic) bond motifs is 2. The second-order valence-corrected chi connectivity index (χ2v) is 5.19. The van der Waals surface area contributed by atoms with E-state index in [0.717, 1.165) is 27.2 Å². The molecule has 1 aromatic heterocycles. The standard InChI is InChI=1S/C15H9BF4N2/c17-10-5-6-12(18)11(9-10)15-13-3-1-7-21(13)16(19,20)22-8-2-4-14(15)22/h1-9H. The molecule has 3 heterocycles. The van der Waals surface area contributed by atoms with Crippen LogP contribution in [0.5, 0.6) is 0 Å². The Morgan fingerprint density at radius 2 is 1.91 bits per heavy atom. The fourth-order valence-corrected chi connectivity index (χ4v) is 2.98. The van der Waals surface area contributed by atoms with Gasteiger partial charge in [0.15, 0.2) is 5.70 Å². The van der Waals surface area contributed by atoms with Crippen LogP contribution in [0.25, 0.3) is 5.57 Å². The van der Waals surface area contributed by atoms with E-state index >= 15 is 0 Å². The highest BCUT2D eigenvalue weighted by molar-refractivity contribution is 6.57. The van der Waals surface area contributed by atoms with Gasteiger partial charge in [0, 0.05) is 23.4 Å². The summed E-state index contributed by atoms with van der Waals surface area (Å²) >= 11 is 0. The van der Waals surface area contributed by atoms with Gasteiger partial charge < -0.3 is 17.6 Å². The molecule has 0 atom stereocenters. The minimum Gasteiger partial charge on any atom is -0.396 e. The molecular formula is C15H9BF4N2. The fraction of sp³-hybridized carbons (Fsp3) is 0. The molecule has 1 aromatic carbocycles. The van der Waals surface area contributed by atoms with Crippen LogP contribution < -0.4 is 0 Å². The quantitative estimate of drug-likeness (QED) is 0.563. The van der Waals surface area contributed by atoms with Crippen LogP contribution in [0.2, 0.25) is 0 Å². The average Bonchev–Trinajstić information content (AvgIpc) is 3.12. The van der Waals surface area contributed by atoms with Gasteiger partial charge >= 0.3 is 6.97 Å². The molecule has 0 radical (unpaired) electrons. The van der Waals surface area contributed by atoms with Crippen molar-refractivity contribution >= 4 is 18.8 Å². The molecule has 2 nitrogen and oxygen atoms in total. The lowest BCUT2D eigenvalue weighted by Gasteiger charge is -2.30. The Morgan fingerprint density at radius 3 is 2.73 bits per heavy atom. The van der Waals surface area contributed by atoms with Gasteiger partial charge in [0.25, 0.3) is 0 Å². The van der Waals surface area contributed by atoms with Crippen LogP contribution in [0.4, 0.5) is 17.4 Å². The zero-order valence-corrected chi connectivity index (χ0v) is 11.2. The molecule has 0 unspecified atom stereocenters. The normalized spacial score (nSPS) is 18.3. The fourth-order valence-electron chi connectivity index (χ4n) is 2.98. The number of nitrogens with zero attached hydrogens (tertiary/aromatic N) is 2. The highest BCUT2D eigenvalue weighted by atomic mass is 19.2. The van der Waals surface area contributed by atoms with Gasteiger partial charge in [-0.25, -0.2) is 8.78 Å². The summed E-state index contributed by atoms with van der Waals surface area (Å²) in [5.74, 6) is -1.28. The molecule has 0 spiro atoms. The molecule has 2 aliphatic rings. The minimum atomic E-state index is -4.04. The first-order chi connectivity index (χ1) is 10.5. The summed E-state index contributed by atoms with van der Waals surface area (Å²) in [5, 5.41) is 0. The van der Waals surface area contributed by atoms with Gasteiger partial charge in [-0.15, -0.1) is 0 Å². The van der Waals surface area contributed by atoms with Crippen LogP contribution in [0, 0.1) is 11.6 Å². The highest BCUT2D eigenvalue weighted by Crippen LogP contribution is 2.39. The molecule has 110 valence electrons. The Bertz CT molecular complexity index is 893. The molecule has 0 N–H and O–H groups in total. The van der Waals surface area contributed by atoms with Crippen molar-refractivity contribution in [3.8, 4) is 0 Å². The SMILES string of the molecule is Fc1ccc(F)c(C2=C3C=CC=[N+]3[B-](F)(F)n3cccc32)c1. The third-order valence-corrected chi connectivity index (χ3v) is 3.94. The van der Waals surface area contributed by atoms with E-state index in [1.54, 1.807) is 0 Å². The first kappa shape index (κ1) is 13.1. The number of halogens is 4. The second kappa shape index (κ2) is 4.22. The van der Waals surface area contributed by atoms with Crippen LogP contribution in [0.15, 0.2) is 54.4 Å². The lowest BCUT2D eigenvalue weighted by molar-refractivity contribution is -0.356. The van der Waals surface area contributed by atoms with E-state index in [-0.39, 0.29) is 22.5 Å². The van der Waals surface area contributed by atoms with Gasteiger partial charge in [0.1, 0.15) is 17.8 Å². The summed E-state index contributed by atoms with van der Waals surface area (Å²) in [6.45, 7) is -4.04. The van der Waals surface area contributed by atoms with Crippen LogP contribution in [-0.4, -0.2) is 22.1 Å². The third-order valence-electron chi connectivity index (χ3n) is 3.94. The van der Waals surface area contributed by atoms with Gasteiger partial charge in [-0.05, 0) is 36.5 Å². The van der Waals surface area contributed by atoms with Gasteiger partial charge in [-0.1, -0.05) is 0 Å². The number of aromatic nitrogens is 1. The zero-order chi connectivity index (χ0) is 15.5. The van der Waals surface area contributed by atoms with Crippen molar-refractivity contribution in [3.63, 3.8) is 0 Å². The maximum absolute atomic E-state index is 14.5. The van der Waals surface area contributed by atoms with Gasteiger partial charge in [0.05, 0.1) is 5.57 Å². The van der Waals surface area contributed by atoms with Crippen molar-refractivity contribution in [1.82, 2.24) is 4.48 Å². The van der Waals surface area contributed by atoms with Crippen LogP contribution in [0.1, 0.15) is 11.3 Å². The molecule has 22 heavy (non-hydrogen) atoms. The van der Waals surface area contributed by atoms with Crippen molar-refractivity contribution in [2.75, 3.05) is 0 Å². The van der Waals surface area contributed by atoms with E-state index in [1.165, 1.54) is 36.7 Å². The topological polar surface area (TPSA) is 7.94 Å². The second-order valence-electron chi connectivity index (χ2n) is 5.19. The predicted octanol–water partition coefficient (Wildman–Crippen LogP) is 3.42. The van der Waals surface area contributed by atoms with E-state index in [9.17, 15) is 17.4 Å². The lowest BCUT2D eigenvalue weighted by atomic mass is 9.86. The monoisotopic (exact) mass is 304 g/mol. The van der Waals surface area contributed by atoms with Gasteiger partial charge in [0.2, 0.25) is 0 Å². The Kier molecular flexibility index (Phi) is 2.52. The molecule has 0 saturated carbocycles. The first-order valence-electron chi connectivity index (χ1n) is 6.69. The largest absolute Gasteiger partial charge is 0.737 e. The van der Waals surface area contributed by atoms with Gasteiger partial charge in [-0.2, -0.15) is 0 Å². The molecule has 7 heteroatoms. The maximum atomic E-state index is 14.5. The summed E-state index contributed by atoms with van der Waals surface area (Å²) in [6.07, 6.45) is 5.44. The molecule has 0 bridgehead atoms. The molecular weight excluding hydrogens is 295 g/mol. The van der Waals surface area contributed by atoms with Crippen LogP contribution >= 0.6 is 0 Å². The van der Waals surface area contributed by atoms with E-state index < -0.39 is 18.6 Å². The minimum absolute atomic E-state index is 0.0359. The lowest BCUT2D eigenvalue weighted by Crippen LogP contribution is -2.49. The Balaban J connectivity index is 2.09. The number of benzene rings is 1. The van der Waals surface area contributed by atoms with Crippen LogP contribution in [0.3, 0.4) is 0 Å². The summed E-state index contributed by atoms with van der Waals surface area (Å²) < 4.78 is 58.4. The highest BCUT2D eigenvalue weighted by Gasteiger charge is 2.51. The van der Waals surface area contributed by atoms with Crippen molar-refractivity contribution in [2.24, 2.45) is 0 Å². The van der Waals surface area contributed by atoms with Crippen LogP contribution in [-0.2, 0) is 0 Å². The summed E-state index contributed by atoms with van der Waals surface area (Å²) in [6, 6.07) is 5.96. The van der Waals surface area contributed by atoms with Crippen molar-refractivity contribution < 1.29 is 21.9 Å². The first-order valence-corrected chi connectivity index (χ1v) is 6.69. The molecule has 0 fully saturated rings. The number of rotatable bonds is 1. The van der Waals surface area contributed by atoms with E-state index in [0.29, 0.717) is 0 Å². The van der Waals surface area contributed by atoms with Crippen molar-refractivity contribution in [2.45, 2.75) is 0 Å². The molecule has 2 aromatic rings. The molecule has 0 aliphatic carbocycles. The Morgan fingerprint density at radius 1 is 1.09 bits per heavy atom. The number of hydrogen-bond donors (Lipinski definition) is 0. The third kappa shape index (κ3) is 1.59. The average molecular weight is 304 g/mol. The molecule has 2 aliphatic heterocycles. The molecule has 0 saturated heterocycles. The summed E-state index contributed by atoms with van der Waals surface area (Å²) in [4.78, 5) is 0. The van der Waals surface area contributed by atoms with E-state index in [1.807, 2.05) is 0 Å². The molecule has 0 amide bonds. The number of allylic oxidation sites excluding steroid dienone is 2. The van der Waals surface area contributed by atoms with E-state index in [4.69, 9.17) is 0 Å². The summed E-state index contributed by atoms with van der Waals surface area (Å²) in [7, 11) is 0. The zero-order valence-electron chi connectivity index (χ0n) is 11.2. The number of hydrogen-bond acceptors (Lipinski definition) is 0. The molecule has 4 rings (SSSR count). The maximum Gasteiger partial charge on any atom is 0.737 e. The van der Waals surface area contributed by atoms with Gasteiger partial charge in [-0.3, -0.25) is 0 Å².